The molecule has 0 amide bonds. The average molecular weight is 214 g/mol. The lowest BCUT2D eigenvalue weighted by Crippen LogP contribution is -2.24. The molecule has 2 heteroatoms. The fraction of sp³-hybridized carbons (Fsp3) is 0.923. The molecule has 0 radical (unpaired) electrons. The molecule has 0 aromatic heterocycles. The molecule has 0 spiro atoms. The smallest absolute Gasteiger partial charge is 0.125 e. The zero-order valence-electron chi connectivity index (χ0n) is 10.5. The first kappa shape index (κ1) is 14.6. The highest BCUT2D eigenvalue weighted by Gasteiger charge is 2.19. The Kier molecular flexibility index (Phi) is 9.91. The van der Waals surface area contributed by atoms with Crippen LogP contribution >= 0.6 is 0 Å². The van der Waals surface area contributed by atoms with Gasteiger partial charge in [-0.25, -0.2) is 0 Å². The van der Waals surface area contributed by atoms with Crippen molar-refractivity contribution in [2.45, 2.75) is 64.9 Å². The van der Waals surface area contributed by atoms with E-state index in [0.29, 0.717) is 0 Å². The second kappa shape index (κ2) is 10.2. The maximum Gasteiger partial charge on any atom is 0.125 e. The van der Waals surface area contributed by atoms with Crippen molar-refractivity contribution in [3.63, 3.8) is 0 Å². The minimum Gasteiger partial charge on any atom is -0.381 e. The number of aldehydes is 1. The van der Waals surface area contributed by atoms with Gasteiger partial charge in [-0.3, -0.25) is 0 Å². The third-order valence-electron chi connectivity index (χ3n) is 2.94. The molecule has 2 nitrogen and oxygen atoms in total. The van der Waals surface area contributed by atoms with E-state index in [-0.39, 0.29) is 12.0 Å². The lowest BCUT2D eigenvalue weighted by atomic mass is 9.93. The summed E-state index contributed by atoms with van der Waals surface area (Å²) >= 11 is 0. The van der Waals surface area contributed by atoms with Gasteiger partial charge in [-0.15, -0.1) is 0 Å². The number of carbonyl (C=O) groups excluding carboxylic acids is 1. The Labute approximate surface area is 94.4 Å². The number of methoxy groups -OCH3 is 1. The molecule has 0 N–H and O–H groups in total. The number of rotatable bonds is 10. The molecule has 0 aliphatic rings. The van der Waals surface area contributed by atoms with Crippen LogP contribution in [0.5, 0.6) is 0 Å². The standard InChI is InChI=1S/C13H26O2/c1-4-6-8-9-12(11-14)13(15-3)10-7-5-2/h11-13H,4-10H2,1-3H3. The molecule has 0 aromatic rings. The van der Waals surface area contributed by atoms with E-state index < -0.39 is 0 Å². The predicted octanol–water partition coefficient (Wildman–Crippen LogP) is 3.59. The second-order valence-corrected chi connectivity index (χ2v) is 4.21. The van der Waals surface area contributed by atoms with E-state index in [9.17, 15) is 4.79 Å². The average Bonchev–Trinajstić information content (AvgIpc) is 2.27. The summed E-state index contributed by atoms with van der Waals surface area (Å²) in [6.07, 6.45) is 9.11. The molecule has 0 rings (SSSR count). The van der Waals surface area contributed by atoms with Crippen LogP contribution in [0.4, 0.5) is 0 Å². The molecule has 0 saturated carbocycles. The van der Waals surface area contributed by atoms with Gasteiger partial charge in [-0.05, 0) is 12.8 Å². The van der Waals surface area contributed by atoms with Crippen molar-refractivity contribution >= 4 is 6.29 Å². The van der Waals surface area contributed by atoms with Crippen molar-refractivity contribution in [3.05, 3.63) is 0 Å². The van der Waals surface area contributed by atoms with Crippen LogP contribution in [0.2, 0.25) is 0 Å². The SMILES string of the molecule is CCCCCC(C=O)C(CCCC)OC. The van der Waals surface area contributed by atoms with Crippen LogP contribution < -0.4 is 0 Å². The summed E-state index contributed by atoms with van der Waals surface area (Å²) in [5, 5.41) is 0. The fourth-order valence-electron chi connectivity index (χ4n) is 1.88. The Bertz CT molecular complexity index is 145. The summed E-state index contributed by atoms with van der Waals surface area (Å²) in [5.74, 6) is 0.105. The molecule has 0 saturated heterocycles. The van der Waals surface area contributed by atoms with Crippen LogP contribution in [-0.2, 0) is 9.53 Å². The summed E-state index contributed by atoms with van der Waals surface area (Å²) in [6.45, 7) is 4.35. The number of ether oxygens (including phenoxy) is 1. The van der Waals surface area contributed by atoms with Gasteiger partial charge in [0.2, 0.25) is 0 Å². The number of carbonyl (C=O) groups is 1. The van der Waals surface area contributed by atoms with Crippen molar-refractivity contribution in [2.75, 3.05) is 7.11 Å². The van der Waals surface area contributed by atoms with Gasteiger partial charge in [0.05, 0.1) is 6.10 Å². The van der Waals surface area contributed by atoms with Crippen molar-refractivity contribution < 1.29 is 9.53 Å². The highest BCUT2D eigenvalue weighted by atomic mass is 16.5. The van der Waals surface area contributed by atoms with Crippen molar-refractivity contribution in [2.24, 2.45) is 5.92 Å². The third kappa shape index (κ3) is 6.67. The van der Waals surface area contributed by atoms with Gasteiger partial charge in [0.15, 0.2) is 0 Å². The summed E-state index contributed by atoms with van der Waals surface area (Å²) < 4.78 is 5.40. The van der Waals surface area contributed by atoms with Crippen LogP contribution in [0, 0.1) is 5.92 Å². The Balaban J connectivity index is 3.91. The first-order valence-corrected chi connectivity index (χ1v) is 6.28. The maximum absolute atomic E-state index is 11.0. The molecule has 0 heterocycles. The molecule has 2 atom stereocenters. The number of hydrogen-bond donors (Lipinski definition) is 0. The molecule has 0 aromatic carbocycles. The van der Waals surface area contributed by atoms with E-state index in [4.69, 9.17) is 4.74 Å². The molecule has 15 heavy (non-hydrogen) atoms. The molecular weight excluding hydrogens is 188 g/mol. The minimum atomic E-state index is 0.105. The highest BCUT2D eigenvalue weighted by Crippen LogP contribution is 2.18. The Morgan fingerprint density at radius 2 is 1.73 bits per heavy atom. The molecular formula is C13H26O2. The predicted molar refractivity (Wildman–Crippen MR) is 64.0 cm³/mol. The van der Waals surface area contributed by atoms with E-state index in [1.807, 2.05) is 0 Å². The van der Waals surface area contributed by atoms with Gasteiger partial charge in [0.1, 0.15) is 6.29 Å². The van der Waals surface area contributed by atoms with Gasteiger partial charge in [-0.2, -0.15) is 0 Å². The van der Waals surface area contributed by atoms with Gasteiger partial charge in [0, 0.05) is 13.0 Å². The topological polar surface area (TPSA) is 26.3 Å². The Hall–Kier alpha value is -0.370. The normalized spacial score (nSPS) is 14.9. The largest absolute Gasteiger partial charge is 0.381 e. The van der Waals surface area contributed by atoms with E-state index in [1.54, 1.807) is 7.11 Å². The van der Waals surface area contributed by atoms with Crippen LogP contribution in [0.3, 0.4) is 0 Å². The van der Waals surface area contributed by atoms with Crippen LogP contribution in [0.25, 0.3) is 0 Å². The van der Waals surface area contributed by atoms with Gasteiger partial charge >= 0.3 is 0 Å². The van der Waals surface area contributed by atoms with Gasteiger partial charge in [0.25, 0.3) is 0 Å². The maximum atomic E-state index is 11.0. The number of unbranched alkanes of at least 4 members (excludes halogenated alkanes) is 3. The first-order chi connectivity index (χ1) is 7.29. The van der Waals surface area contributed by atoms with Crippen molar-refractivity contribution in [3.8, 4) is 0 Å². The van der Waals surface area contributed by atoms with E-state index >= 15 is 0 Å². The Morgan fingerprint density at radius 1 is 1.07 bits per heavy atom. The van der Waals surface area contributed by atoms with E-state index in [2.05, 4.69) is 13.8 Å². The van der Waals surface area contributed by atoms with Crippen molar-refractivity contribution in [1.82, 2.24) is 0 Å². The van der Waals surface area contributed by atoms with Crippen LogP contribution in [-0.4, -0.2) is 19.5 Å². The first-order valence-electron chi connectivity index (χ1n) is 6.28. The van der Waals surface area contributed by atoms with Gasteiger partial charge in [-0.1, -0.05) is 46.0 Å². The summed E-state index contributed by atoms with van der Waals surface area (Å²) in [4.78, 5) is 11.0. The summed E-state index contributed by atoms with van der Waals surface area (Å²) in [6, 6.07) is 0. The molecule has 0 bridgehead atoms. The monoisotopic (exact) mass is 214 g/mol. The van der Waals surface area contributed by atoms with E-state index in [1.165, 1.54) is 19.3 Å². The van der Waals surface area contributed by atoms with Gasteiger partial charge < -0.3 is 9.53 Å². The molecule has 0 fully saturated rings. The lowest BCUT2D eigenvalue weighted by Gasteiger charge is -2.21. The minimum absolute atomic E-state index is 0.105. The molecule has 2 unspecified atom stereocenters. The molecule has 90 valence electrons. The molecule has 0 aliphatic carbocycles. The zero-order chi connectivity index (χ0) is 11.5. The number of hydrogen-bond acceptors (Lipinski definition) is 2. The van der Waals surface area contributed by atoms with E-state index in [0.717, 1.165) is 32.0 Å². The summed E-state index contributed by atoms with van der Waals surface area (Å²) in [7, 11) is 1.72. The Morgan fingerprint density at radius 3 is 2.20 bits per heavy atom. The van der Waals surface area contributed by atoms with Crippen LogP contribution in [0.15, 0.2) is 0 Å². The van der Waals surface area contributed by atoms with Crippen LogP contribution in [0.1, 0.15) is 58.8 Å². The van der Waals surface area contributed by atoms with Crippen molar-refractivity contribution in [1.29, 1.82) is 0 Å². The summed E-state index contributed by atoms with van der Waals surface area (Å²) in [5.41, 5.74) is 0. The lowest BCUT2D eigenvalue weighted by molar-refractivity contribution is -0.115. The highest BCUT2D eigenvalue weighted by molar-refractivity contribution is 5.54. The molecule has 0 aliphatic heterocycles. The zero-order valence-corrected chi connectivity index (χ0v) is 10.5. The third-order valence-corrected chi connectivity index (χ3v) is 2.94. The fourth-order valence-corrected chi connectivity index (χ4v) is 1.88. The second-order valence-electron chi connectivity index (χ2n) is 4.21. The quantitative estimate of drug-likeness (QED) is 0.410.